The molecular weight excluding hydrogens is 236 g/mol. The van der Waals surface area contributed by atoms with Gasteiger partial charge in [-0.1, -0.05) is 13.0 Å². The van der Waals surface area contributed by atoms with Crippen LogP contribution in [0.1, 0.15) is 18.2 Å². The summed E-state index contributed by atoms with van der Waals surface area (Å²) in [7, 11) is 1.84. The van der Waals surface area contributed by atoms with Gasteiger partial charge in [-0.05, 0) is 18.6 Å². The molecule has 5 heteroatoms. The van der Waals surface area contributed by atoms with Crippen molar-refractivity contribution in [3.05, 3.63) is 47.3 Å². The number of anilines is 1. The number of nitrogens with zero attached hydrogens (tertiary/aromatic N) is 2. The molecule has 1 aromatic heterocycles. The molecule has 0 fully saturated rings. The number of rotatable bonds is 4. The highest BCUT2D eigenvalue weighted by Crippen LogP contribution is 2.18. The number of hydrogen-bond acceptors (Lipinski definition) is 2. The summed E-state index contributed by atoms with van der Waals surface area (Å²) in [5.74, 6) is -1.69. The molecule has 96 valence electrons. The molecule has 0 aliphatic carbocycles. The lowest BCUT2D eigenvalue weighted by Crippen LogP contribution is -2.03. The zero-order valence-corrected chi connectivity index (χ0v) is 10.4. The third kappa shape index (κ3) is 2.50. The third-order valence-corrected chi connectivity index (χ3v) is 2.75. The van der Waals surface area contributed by atoms with Crippen molar-refractivity contribution >= 4 is 5.69 Å². The second-order valence-corrected chi connectivity index (χ2v) is 4.08. The predicted octanol–water partition coefficient (Wildman–Crippen LogP) is 2.87. The molecule has 0 spiro atoms. The quantitative estimate of drug-likeness (QED) is 0.905. The maximum atomic E-state index is 13.4. The minimum atomic E-state index is -0.848. The van der Waals surface area contributed by atoms with Crippen LogP contribution in [0.3, 0.4) is 0 Å². The average Bonchev–Trinajstić information content (AvgIpc) is 2.71. The lowest BCUT2D eigenvalue weighted by atomic mass is 10.2. The summed E-state index contributed by atoms with van der Waals surface area (Å²) in [5.41, 5.74) is 2.12. The normalized spacial score (nSPS) is 10.7. The first-order chi connectivity index (χ1) is 8.61. The number of nitrogens with one attached hydrogen (secondary N) is 1. The molecule has 0 radical (unpaired) electrons. The van der Waals surface area contributed by atoms with E-state index in [9.17, 15) is 8.78 Å². The molecule has 2 aromatic rings. The van der Waals surface area contributed by atoms with E-state index in [1.54, 1.807) is 4.68 Å². The Hall–Kier alpha value is -1.91. The fourth-order valence-corrected chi connectivity index (χ4v) is 1.86. The van der Waals surface area contributed by atoms with Crippen LogP contribution >= 0.6 is 0 Å². The molecular formula is C13H15F2N3. The summed E-state index contributed by atoms with van der Waals surface area (Å²) in [5, 5.41) is 7.18. The van der Waals surface area contributed by atoms with Gasteiger partial charge in [0.1, 0.15) is 0 Å². The smallest absolute Gasteiger partial charge is 0.181 e. The van der Waals surface area contributed by atoms with Crippen LogP contribution in [0, 0.1) is 11.6 Å². The Balaban J connectivity index is 2.13. The standard InChI is InChI=1S/C13H15F2N3/c1-3-11-9(8-18(2)17-11)7-16-12-6-4-5-10(14)13(12)15/h4-6,8,16H,3,7H2,1-2H3. The summed E-state index contributed by atoms with van der Waals surface area (Å²) in [6.07, 6.45) is 2.69. The van der Waals surface area contributed by atoms with E-state index in [4.69, 9.17) is 0 Å². The van der Waals surface area contributed by atoms with E-state index < -0.39 is 11.6 Å². The first-order valence-corrected chi connectivity index (χ1v) is 5.81. The topological polar surface area (TPSA) is 29.9 Å². The molecule has 0 bridgehead atoms. The van der Waals surface area contributed by atoms with Gasteiger partial charge in [0, 0.05) is 25.4 Å². The van der Waals surface area contributed by atoms with Gasteiger partial charge in [-0.3, -0.25) is 4.68 Å². The highest BCUT2D eigenvalue weighted by atomic mass is 19.2. The predicted molar refractivity (Wildman–Crippen MR) is 66.3 cm³/mol. The van der Waals surface area contributed by atoms with Crippen molar-refractivity contribution in [2.75, 3.05) is 5.32 Å². The average molecular weight is 251 g/mol. The monoisotopic (exact) mass is 251 g/mol. The van der Waals surface area contributed by atoms with E-state index in [1.807, 2.05) is 20.2 Å². The summed E-state index contributed by atoms with van der Waals surface area (Å²) >= 11 is 0. The number of hydrogen-bond donors (Lipinski definition) is 1. The van der Waals surface area contributed by atoms with Crippen LogP contribution in [0.4, 0.5) is 14.5 Å². The molecule has 1 aromatic carbocycles. The van der Waals surface area contributed by atoms with Gasteiger partial charge in [0.25, 0.3) is 0 Å². The Labute approximate surface area is 104 Å². The molecule has 0 saturated carbocycles. The first kappa shape index (κ1) is 12.5. The van der Waals surface area contributed by atoms with Crippen LogP contribution < -0.4 is 5.32 Å². The summed E-state index contributed by atoms with van der Waals surface area (Å²) in [4.78, 5) is 0. The Bertz CT molecular complexity index is 549. The Morgan fingerprint density at radius 1 is 1.33 bits per heavy atom. The Morgan fingerprint density at radius 3 is 2.83 bits per heavy atom. The van der Waals surface area contributed by atoms with E-state index >= 15 is 0 Å². The molecule has 0 unspecified atom stereocenters. The number of benzene rings is 1. The minimum absolute atomic E-state index is 0.168. The SMILES string of the molecule is CCc1nn(C)cc1CNc1cccc(F)c1F. The molecule has 0 atom stereocenters. The van der Waals surface area contributed by atoms with Gasteiger partial charge < -0.3 is 5.32 Å². The van der Waals surface area contributed by atoms with Gasteiger partial charge >= 0.3 is 0 Å². The molecule has 0 aliphatic rings. The van der Waals surface area contributed by atoms with Gasteiger partial charge in [0.2, 0.25) is 0 Å². The van der Waals surface area contributed by atoms with Crippen molar-refractivity contribution < 1.29 is 8.78 Å². The van der Waals surface area contributed by atoms with Crippen LogP contribution in [-0.2, 0) is 20.0 Å². The van der Waals surface area contributed by atoms with E-state index in [0.29, 0.717) is 6.54 Å². The molecule has 18 heavy (non-hydrogen) atoms. The molecule has 3 nitrogen and oxygen atoms in total. The zero-order valence-electron chi connectivity index (χ0n) is 10.4. The van der Waals surface area contributed by atoms with Crippen molar-refractivity contribution in [2.24, 2.45) is 7.05 Å². The van der Waals surface area contributed by atoms with Gasteiger partial charge in [-0.25, -0.2) is 8.78 Å². The molecule has 1 N–H and O–H groups in total. The van der Waals surface area contributed by atoms with Crippen molar-refractivity contribution in [3.63, 3.8) is 0 Å². The molecule has 0 aliphatic heterocycles. The van der Waals surface area contributed by atoms with Crippen LogP contribution in [-0.4, -0.2) is 9.78 Å². The number of halogens is 2. The van der Waals surface area contributed by atoms with Gasteiger partial charge in [0.05, 0.1) is 11.4 Å². The summed E-state index contributed by atoms with van der Waals surface area (Å²) in [6.45, 7) is 2.44. The minimum Gasteiger partial charge on any atom is -0.378 e. The lowest BCUT2D eigenvalue weighted by Gasteiger charge is -2.07. The van der Waals surface area contributed by atoms with Gasteiger partial charge in [-0.15, -0.1) is 0 Å². The second-order valence-electron chi connectivity index (χ2n) is 4.08. The fraction of sp³-hybridized carbons (Fsp3) is 0.308. The van der Waals surface area contributed by atoms with E-state index in [1.165, 1.54) is 12.1 Å². The van der Waals surface area contributed by atoms with Gasteiger partial charge in [0.15, 0.2) is 11.6 Å². The van der Waals surface area contributed by atoms with Crippen LogP contribution in [0.5, 0.6) is 0 Å². The van der Waals surface area contributed by atoms with Crippen LogP contribution in [0.25, 0.3) is 0 Å². The zero-order chi connectivity index (χ0) is 13.1. The molecule has 0 saturated heterocycles. The highest BCUT2D eigenvalue weighted by molar-refractivity contribution is 5.45. The molecule has 0 amide bonds. The maximum Gasteiger partial charge on any atom is 0.181 e. The lowest BCUT2D eigenvalue weighted by molar-refractivity contribution is 0.511. The Kier molecular flexibility index (Phi) is 3.60. The number of aromatic nitrogens is 2. The molecule has 1 heterocycles. The van der Waals surface area contributed by atoms with Crippen LogP contribution in [0.15, 0.2) is 24.4 Å². The van der Waals surface area contributed by atoms with E-state index in [2.05, 4.69) is 10.4 Å². The van der Waals surface area contributed by atoms with Crippen molar-refractivity contribution in [1.29, 1.82) is 0 Å². The van der Waals surface area contributed by atoms with Gasteiger partial charge in [-0.2, -0.15) is 5.10 Å². The highest BCUT2D eigenvalue weighted by Gasteiger charge is 2.09. The van der Waals surface area contributed by atoms with Crippen molar-refractivity contribution in [3.8, 4) is 0 Å². The maximum absolute atomic E-state index is 13.4. The van der Waals surface area contributed by atoms with Crippen LogP contribution in [0.2, 0.25) is 0 Å². The Morgan fingerprint density at radius 2 is 2.11 bits per heavy atom. The van der Waals surface area contributed by atoms with Crippen molar-refractivity contribution in [1.82, 2.24) is 9.78 Å². The first-order valence-electron chi connectivity index (χ1n) is 5.81. The number of aryl methyl sites for hydroxylation is 2. The summed E-state index contributed by atoms with van der Waals surface area (Å²) < 4.78 is 28.2. The molecule has 2 rings (SSSR count). The third-order valence-electron chi connectivity index (χ3n) is 2.75. The largest absolute Gasteiger partial charge is 0.378 e. The summed E-state index contributed by atoms with van der Waals surface area (Å²) in [6, 6.07) is 4.09. The van der Waals surface area contributed by atoms with E-state index in [0.717, 1.165) is 23.7 Å². The fourth-order valence-electron chi connectivity index (χ4n) is 1.86. The second kappa shape index (κ2) is 5.16. The van der Waals surface area contributed by atoms with E-state index in [-0.39, 0.29) is 5.69 Å². The van der Waals surface area contributed by atoms with Crippen molar-refractivity contribution in [2.45, 2.75) is 19.9 Å².